The summed E-state index contributed by atoms with van der Waals surface area (Å²) in [4.78, 5) is 24.7. The maximum absolute atomic E-state index is 13.0. The predicted octanol–water partition coefficient (Wildman–Crippen LogP) is 2.79. The van der Waals surface area contributed by atoms with E-state index in [0.717, 1.165) is 0 Å². The molecule has 4 nitrogen and oxygen atoms in total. The second kappa shape index (κ2) is 5.88. The van der Waals surface area contributed by atoms with Gasteiger partial charge in [-0.3, -0.25) is 14.2 Å². The summed E-state index contributed by atoms with van der Waals surface area (Å²) in [7, 11) is 0. The topological polar surface area (TPSA) is 65.1 Å². The number of nitrogens with two attached hydrogens (primary N) is 1. The molecule has 0 fully saturated rings. The average molecular weight is 308 g/mol. The van der Waals surface area contributed by atoms with Gasteiger partial charge in [-0.25, -0.2) is 4.39 Å². The van der Waals surface area contributed by atoms with Gasteiger partial charge in [0.25, 0.3) is 5.56 Å². The monoisotopic (exact) mass is 308 g/mol. The maximum atomic E-state index is 13.0. The Hall–Kier alpha value is -3.21. The average Bonchev–Trinajstić information content (AvgIpc) is 2.56. The van der Waals surface area contributed by atoms with Crippen LogP contribution in [0.3, 0.4) is 0 Å². The van der Waals surface area contributed by atoms with Gasteiger partial charge in [0.2, 0.25) is 0 Å². The molecule has 5 heteroatoms. The molecule has 2 N–H and O–H groups in total. The minimum atomic E-state index is -0.427. The van der Waals surface area contributed by atoms with Crippen LogP contribution in [0.4, 0.5) is 10.2 Å². The highest BCUT2D eigenvalue weighted by molar-refractivity contribution is 6.11. The Morgan fingerprint density at radius 3 is 2.22 bits per heavy atom. The standard InChI is InChI=1S/C18H13FN2O2/c19-13-8-6-12(7-9-13)17(23)15-10-11-16(22)21(18(15)20)14-4-2-1-3-5-14/h1-11H,20H2. The van der Waals surface area contributed by atoms with Crippen molar-refractivity contribution in [1.82, 2.24) is 4.57 Å². The van der Waals surface area contributed by atoms with E-state index in [0.29, 0.717) is 11.3 Å². The Kier molecular flexibility index (Phi) is 3.76. The van der Waals surface area contributed by atoms with Crippen LogP contribution in [0.1, 0.15) is 15.9 Å². The molecular formula is C18H13FN2O2. The van der Waals surface area contributed by atoms with Crippen LogP contribution in [0.2, 0.25) is 0 Å². The highest BCUT2D eigenvalue weighted by Crippen LogP contribution is 2.18. The first-order chi connectivity index (χ1) is 11.1. The van der Waals surface area contributed by atoms with Gasteiger partial charge in [0.05, 0.1) is 11.3 Å². The fourth-order valence-electron chi connectivity index (χ4n) is 2.35. The summed E-state index contributed by atoms with van der Waals surface area (Å²) in [6.07, 6.45) is 0. The lowest BCUT2D eigenvalue weighted by molar-refractivity contribution is 0.103. The number of anilines is 1. The lowest BCUT2D eigenvalue weighted by Gasteiger charge is -2.13. The molecule has 3 aromatic rings. The van der Waals surface area contributed by atoms with Crippen LogP contribution < -0.4 is 11.3 Å². The van der Waals surface area contributed by atoms with Crippen LogP contribution in [0.25, 0.3) is 5.69 Å². The van der Waals surface area contributed by atoms with Crippen molar-refractivity contribution in [3.05, 3.63) is 94.0 Å². The van der Waals surface area contributed by atoms with E-state index in [1.54, 1.807) is 24.3 Å². The maximum Gasteiger partial charge on any atom is 0.256 e. The number of hydrogen-bond donors (Lipinski definition) is 1. The third-order valence-corrected chi connectivity index (χ3v) is 3.50. The third-order valence-electron chi connectivity index (χ3n) is 3.50. The van der Waals surface area contributed by atoms with E-state index in [4.69, 9.17) is 5.73 Å². The van der Waals surface area contributed by atoms with Crippen LogP contribution >= 0.6 is 0 Å². The lowest BCUT2D eigenvalue weighted by Crippen LogP contribution is -2.23. The fourth-order valence-corrected chi connectivity index (χ4v) is 2.35. The molecule has 114 valence electrons. The molecule has 23 heavy (non-hydrogen) atoms. The van der Waals surface area contributed by atoms with Crippen molar-refractivity contribution in [2.24, 2.45) is 0 Å². The molecule has 0 saturated carbocycles. The second-order valence-corrected chi connectivity index (χ2v) is 4.98. The largest absolute Gasteiger partial charge is 0.384 e. The minimum absolute atomic E-state index is 0.0537. The normalized spacial score (nSPS) is 10.5. The van der Waals surface area contributed by atoms with E-state index in [1.807, 2.05) is 6.07 Å². The van der Waals surface area contributed by atoms with Crippen molar-refractivity contribution < 1.29 is 9.18 Å². The summed E-state index contributed by atoms with van der Waals surface area (Å²) in [5, 5.41) is 0. The quantitative estimate of drug-likeness (QED) is 0.757. The van der Waals surface area contributed by atoms with Gasteiger partial charge in [-0.2, -0.15) is 0 Å². The van der Waals surface area contributed by atoms with Crippen molar-refractivity contribution in [2.45, 2.75) is 0 Å². The van der Waals surface area contributed by atoms with E-state index in [2.05, 4.69) is 0 Å². The van der Waals surface area contributed by atoms with E-state index < -0.39 is 5.82 Å². The number of nitrogen functional groups attached to an aromatic ring is 1. The summed E-state index contributed by atoms with van der Waals surface area (Å²) in [6, 6.07) is 16.7. The molecule has 0 spiro atoms. The molecule has 1 heterocycles. The Morgan fingerprint density at radius 1 is 0.913 bits per heavy atom. The summed E-state index contributed by atoms with van der Waals surface area (Å²) in [6.45, 7) is 0. The Balaban J connectivity index is 2.13. The van der Waals surface area contributed by atoms with Gasteiger partial charge in [0.15, 0.2) is 5.78 Å². The molecule has 0 amide bonds. The van der Waals surface area contributed by atoms with Gasteiger partial charge in [0.1, 0.15) is 11.6 Å². The number of aromatic nitrogens is 1. The number of carbonyl (C=O) groups excluding carboxylic acids is 1. The molecule has 2 aromatic carbocycles. The third kappa shape index (κ3) is 2.76. The molecule has 0 aliphatic rings. The van der Waals surface area contributed by atoms with Gasteiger partial charge in [-0.15, -0.1) is 0 Å². The summed E-state index contributed by atoms with van der Waals surface area (Å²) in [5.41, 5.74) is 6.79. The molecule has 0 aliphatic heterocycles. The summed E-state index contributed by atoms with van der Waals surface area (Å²) >= 11 is 0. The fraction of sp³-hybridized carbons (Fsp3) is 0. The molecule has 3 rings (SSSR count). The molecular weight excluding hydrogens is 295 g/mol. The minimum Gasteiger partial charge on any atom is -0.384 e. The van der Waals surface area contributed by atoms with Crippen LogP contribution in [0, 0.1) is 5.82 Å². The van der Waals surface area contributed by atoms with Crippen molar-refractivity contribution in [2.75, 3.05) is 5.73 Å². The van der Waals surface area contributed by atoms with Gasteiger partial charge in [0, 0.05) is 11.6 Å². The van der Waals surface area contributed by atoms with Crippen molar-refractivity contribution in [3.63, 3.8) is 0 Å². The first-order valence-electron chi connectivity index (χ1n) is 6.95. The second-order valence-electron chi connectivity index (χ2n) is 4.98. The molecule has 1 aromatic heterocycles. The number of benzene rings is 2. The Morgan fingerprint density at radius 2 is 1.57 bits per heavy atom. The van der Waals surface area contributed by atoms with Gasteiger partial charge in [-0.1, -0.05) is 18.2 Å². The first kappa shape index (κ1) is 14.7. The van der Waals surface area contributed by atoms with Crippen LogP contribution in [-0.2, 0) is 0 Å². The highest BCUT2D eigenvalue weighted by atomic mass is 19.1. The lowest BCUT2D eigenvalue weighted by atomic mass is 10.0. The van der Waals surface area contributed by atoms with Crippen LogP contribution in [0.5, 0.6) is 0 Å². The first-order valence-corrected chi connectivity index (χ1v) is 6.95. The number of hydrogen-bond acceptors (Lipinski definition) is 3. The van der Waals surface area contributed by atoms with E-state index in [9.17, 15) is 14.0 Å². The zero-order valence-electron chi connectivity index (χ0n) is 12.1. The molecule has 0 aliphatic carbocycles. The van der Waals surface area contributed by atoms with E-state index in [-0.39, 0.29) is 22.7 Å². The molecule has 0 radical (unpaired) electrons. The number of carbonyl (C=O) groups is 1. The number of nitrogens with zero attached hydrogens (tertiary/aromatic N) is 1. The van der Waals surface area contributed by atoms with E-state index >= 15 is 0 Å². The smallest absolute Gasteiger partial charge is 0.256 e. The Labute approximate surface area is 131 Å². The molecule has 0 atom stereocenters. The van der Waals surface area contributed by atoms with Crippen molar-refractivity contribution >= 4 is 11.6 Å². The van der Waals surface area contributed by atoms with Gasteiger partial charge in [-0.05, 0) is 42.5 Å². The number of rotatable bonds is 3. The van der Waals surface area contributed by atoms with Crippen molar-refractivity contribution in [3.8, 4) is 5.69 Å². The number of pyridine rings is 1. The number of halogens is 1. The zero-order valence-corrected chi connectivity index (χ0v) is 12.1. The molecule has 0 unspecified atom stereocenters. The van der Waals surface area contributed by atoms with Gasteiger partial charge < -0.3 is 5.73 Å². The van der Waals surface area contributed by atoms with Crippen LogP contribution in [0.15, 0.2) is 71.5 Å². The number of ketones is 1. The molecule has 0 saturated heterocycles. The zero-order chi connectivity index (χ0) is 16.4. The Bertz CT molecular complexity index is 916. The summed E-state index contributed by atoms with van der Waals surface area (Å²) < 4.78 is 14.3. The van der Waals surface area contributed by atoms with Gasteiger partial charge >= 0.3 is 0 Å². The highest BCUT2D eigenvalue weighted by Gasteiger charge is 2.16. The van der Waals surface area contributed by atoms with E-state index in [1.165, 1.54) is 41.0 Å². The summed E-state index contributed by atoms with van der Waals surface area (Å²) in [5.74, 6) is -0.742. The molecule has 0 bridgehead atoms. The number of para-hydroxylation sites is 1. The van der Waals surface area contributed by atoms with Crippen molar-refractivity contribution in [1.29, 1.82) is 0 Å². The predicted molar refractivity (Wildman–Crippen MR) is 86.3 cm³/mol. The van der Waals surface area contributed by atoms with Crippen LogP contribution in [-0.4, -0.2) is 10.4 Å². The SMILES string of the molecule is Nc1c(C(=O)c2ccc(F)cc2)ccc(=O)n1-c1ccccc1.